The van der Waals surface area contributed by atoms with Crippen molar-refractivity contribution >= 4 is 51.4 Å². The summed E-state index contributed by atoms with van der Waals surface area (Å²) >= 11 is 7.26. The monoisotopic (exact) mass is 318 g/mol. The van der Waals surface area contributed by atoms with Crippen LogP contribution < -0.4 is 0 Å². The number of amides is 1. The molecule has 1 aromatic carbocycles. The normalized spacial score (nSPS) is 19.7. The van der Waals surface area contributed by atoms with Crippen LogP contribution in [0.4, 0.5) is 0 Å². The fourth-order valence-corrected chi connectivity index (χ4v) is 2.96. The topological polar surface area (TPSA) is 68.9 Å². The summed E-state index contributed by atoms with van der Waals surface area (Å²) in [6.45, 7) is 1.97. The van der Waals surface area contributed by atoms with Gasteiger partial charge in [-0.05, 0) is 42.0 Å². The van der Waals surface area contributed by atoms with Gasteiger partial charge in [0.05, 0.1) is 5.57 Å². The number of carbonyl (C=O) groups excluding carboxylic acids is 1. The number of aliphatic imine (C=N–C) groups is 1. The Morgan fingerprint density at radius 3 is 3.00 bits per heavy atom. The fourth-order valence-electron chi connectivity index (χ4n) is 1.94. The molecule has 106 valence electrons. The molecule has 0 saturated carbocycles. The lowest BCUT2D eigenvalue weighted by atomic mass is 10.1. The van der Waals surface area contributed by atoms with Crippen molar-refractivity contribution in [1.82, 2.24) is 5.01 Å². The molecule has 0 fully saturated rings. The summed E-state index contributed by atoms with van der Waals surface area (Å²) in [5.41, 5.74) is 0.962. The first-order chi connectivity index (χ1) is 10.1. The minimum Gasteiger partial charge on any atom is -0.282 e. The van der Waals surface area contributed by atoms with Crippen LogP contribution in [-0.2, 0) is 4.79 Å². The molecule has 0 aliphatic carbocycles. The van der Waals surface area contributed by atoms with Gasteiger partial charge in [-0.25, -0.2) is 0 Å². The van der Waals surface area contributed by atoms with Gasteiger partial charge >= 0.3 is 0 Å². The molecule has 2 aliphatic heterocycles. The average Bonchev–Trinajstić information content (AvgIpc) is 2.87. The Morgan fingerprint density at radius 2 is 2.29 bits per heavy atom. The Bertz CT molecular complexity index is 738. The second kappa shape index (κ2) is 5.46. The lowest BCUT2D eigenvalue weighted by Crippen LogP contribution is -2.35. The summed E-state index contributed by atoms with van der Waals surface area (Å²) in [5, 5.41) is 15.7. The van der Waals surface area contributed by atoms with Crippen LogP contribution in [0.15, 0.2) is 39.9 Å². The van der Waals surface area contributed by atoms with E-state index in [-0.39, 0.29) is 11.4 Å². The largest absolute Gasteiger partial charge is 0.283 e. The molecule has 1 amide bonds. The number of hydrogen-bond donors (Lipinski definition) is 1. The van der Waals surface area contributed by atoms with Crippen molar-refractivity contribution in [2.75, 3.05) is 0 Å². The number of thioether (sulfide) groups is 1. The highest BCUT2D eigenvalue weighted by atomic mass is 35.5. The average molecular weight is 319 g/mol. The summed E-state index contributed by atoms with van der Waals surface area (Å²) in [7, 11) is 0. The van der Waals surface area contributed by atoms with Crippen LogP contribution in [0, 0.1) is 5.41 Å². The molecule has 21 heavy (non-hydrogen) atoms. The van der Waals surface area contributed by atoms with Crippen molar-refractivity contribution < 1.29 is 4.79 Å². The molecule has 7 heteroatoms. The third kappa shape index (κ3) is 2.64. The van der Waals surface area contributed by atoms with Crippen molar-refractivity contribution in [2.24, 2.45) is 10.1 Å². The van der Waals surface area contributed by atoms with Crippen molar-refractivity contribution in [3.63, 3.8) is 0 Å². The van der Waals surface area contributed by atoms with Gasteiger partial charge in [-0.15, -0.1) is 0 Å². The Kier molecular flexibility index (Phi) is 3.65. The molecule has 3 rings (SSSR count). The first kappa shape index (κ1) is 14.0. The smallest absolute Gasteiger partial charge is 0.282 e. The number of nitrogens with one attached hydrogen (secondary N) is 1. The van der Waals surface area contributed by atoms with Gasteiger partial charge < -0.3 is 0 Å². The van der Waals surface area contributed by atoms with Gasteiger partial charge in [0, 0.05) is 5.02 Å². The molecule has 0 unspecified atom stereocenters. The summed E-state index contributed by atoms with van der Waals surface area (Å²) in [5.74, 6) is -0.382. The maximum Gasteiger partial charge on any atom is 0.283 e. The zero-order valence-electron chi connectivity index (χ0n) is 11.1. The highest BCUT2D eigenvalue weighted by molar-refractivity contribution is 8.26. The van der Waals surface area contributed by atoms with Crippen LogP contribution in [0.1, 0.15) is 18.9 Å². The highest BCUT2D eigenvalue weighted by Gasteiger charge is 2.34. The molecule has 0 bridgehead atoms. The van der Waals surface area contributed by atoms with Gasteiger partial charge in [-0.1, -0.05) is 30.7 Å². The Hall–Kier alpha value is -1.92. The van der Waals surface area contributed by atoms with E-state index in [1.54, 1.807) is 24.3 Å². The van der Waals surface area contributed by atoms with E-state index in [2.05, 4.69) is 10.1 Å². The molecule has 0 atom stereocenters. The van der Waals surface area contributed by atoms with Gasteiger partial charge in [0.25, 0.3) is 5.91 Å². The van der Waals surface area contributed by atoms with Crippen molar-refractivity contribution in [3.8, 4) is 0 Å². The van der Waals surface area contributed by atoms with Crippen molar-refractivity contribution in [3.05, 3.63) is 40.4 Å². The Morgan fingerprint density at radius 1 is 1.48 bits per heavy atom. The van der Waals surface area contributed by atoms with E-state index in [0.717, 1.165) is 17.0 Å². The minimum absolute atomic E-state index is 0.0425. The van der Waals surface area contributed by atoms with Crippen molar-refractivity contribution in [2.45, 2.75) is 13.3 Å². The summed E-state index contributed by atoms with van der Waals surface area (Å²) in [6.07, 6.45) is 2.36. The first-order valence-corrected chi connectivity index (χ1v) is 7.52. The number of amidine groups is 2. The van der Waals surface area contributed by atoms with Gasteiger partial charge in [0.15, 0.2) is 5.84 Å². The third-order valence-corrected chi connectivity index (χ3v) is 4.25. The van der Waals surface area contributed by atoms with E-state index < -0.39 is 5.91 Å². The minimum atomic E-state index is -0.425. The van der Waals surface area contributed by atoms with E-state index in [1.165, 1.54) is 16.8 Å². The maximum atomic E-state index is 12.1. The van der Waals surface area contributed by atoms with Crippen LogP contribution in [-0.4, -0.2) is 27.0 Å². The molecule has 5 nitrogen and oxygen atoms in total. The van der Waals surface area contributed by atoms with E-state index in [1.807, 2.05) is 13.0 Å². The molecular formula is C14H11ClN4OS. The molecule has 0 aromatic heterocycles. The Labute approximate surface area is 130 Å². The number of fused-ring (bicyclic) bond motifs is 1. The van der Waals surface area contributed by atoms with Gasteiger partial charge in [0.1, 0.15) is 5.04 Å². The van der Waals surface area contributed by atoms with E-state index in [4.69, 9.17) is 17.0 Å². The standard InChI is InChI=1S/C14H11ClN4OS/c1-2-11-18-19-12(16)10(13(20)17-14(19)21-11)7-8-4-3-5-9(15)6-8/h3-7,16H,2H2,1H3/b10-7-,16-12?. The predicted molar refractivity (Wildman–Crippen MR) is 86.8 cm³/mol. The molecule has 0 spiro atoms. The van der Waals surface area contributed by atoms with Crippen LogP contribution in [0.25, 0.3) is 6.08 Å². The number of hydrogen-bond acceptors (Lipinski definition) is 4. The SMILES string of the molecule is CCC1=NN2C(=N)/C(=C/c3cccc(Cl)c3)C(=O)N=C2S1. The lowest BCUT2D eigenvalue weighted by Gasteiger charge is -2.20. The predicted octanol–water partition coefficient (Wildman–Crippen LogP) is 3.37. The van der Waals surface area contributed by atoms with Crippen LogP contribution in [0.3, 0.4) is 0 Å². The maximum absolute atomic E-state index is 12.1. The van der Waals surface area contributed by atoms with Crippen LogP contribution in [0.5, 0.6) is 0 Å². The van der Waals surface area contributed by atoms with E-state index >= 15 is 0 Å². The Balaban J connectivity index is 2.00. The van der Waals surface area contributed by atoms with Gasteiger partial charge in [0.2, 0.25) is 5.17 Å². The number of nitrogens with zero attached hydrogens (tertiary/aromatic N) is 3. The third-order valence-electron chi connectivity index (χ3n) is 2.96. The van der Waals surface area contributed by atoms with Gasteiger partial charge in [-0.3, -0.25) is 10.2 Å². The number of halogens is 1. The zero-order chi connectivity index (χ0) is 15.0. The molecule has 2 heterocycles. The number of rotatable bonds is 2. The number of carbonyl (C=O) groups is 1. The second-order valence-electron chi connectivity index (χ2n) is 4.42. The zero-order valence-corrected chi connectivity index (χ0v) is 12.7. The molecule has 1 N–H and O–H groups in total. The molecule has 2 aliphatic rings. The molecule has 0 saturated heterocycles. The lowest BCUT2D eigenvalue weighted by molar-refractivity contribution is -0.114. The van der Waals surface area contributed by atoms with E-state index in [0.29, 0.717) is 10.2 Å². The summed E-state index contributed by atoms with van der Waals surface area (Å²) in [4.78, 5) is 16.1. The number of benzene rings is 1. The fraction of sp³-hybridized carbons (Fsp3) is 0.143. The van der Waals surface area contributed by atoms with Gasteiger partial charge in [-0.2, -0.15) is 15.1 Å². The second-order valence-corrected chi connectivity index (χ2v) is 5.90. The first-order valence-electron chi connectivity index (χ1n) is 6.33. The molecule has 0 radical (unpaired) electrons. The van der Waals surface area contributed by atoms with Crippen molar-refractivity contribution in [1.29, 1.82) is 5.41 Å². The quantitative estimate of drug-likeness (QED) is 0.850. The summed E-state index contributed by atoms with van der Waals surface area (Å²) < 4.78 is 0. The van der Waals surface area contributed by atoms with Crippen LogP contribution in [0.2, 0.25) is 5.02 Å². The number of hydrazone groups is 1. The van der Waals surface area contributed by atoms with Crippen LogP contribution >= 0.6 is 23.4 Å². The molecular weight excluding hydrogens is 308 g/mol. The summed E-state index contributed by atoms with van der Waals surface area (Å²) in [6, 6.07) is 7.09. The van der Waals surface area contributed by atoms with E-state index in [9.17, 15) is 4.79 Å². The highest BCUT2D eigenvalue weighted by Crippen LogP contribution is 2.29. The molecule has 1 aromatic rings.